The number of rotatable bonds is 4. The highest BCUT2D eigenvalue weighted by Gasteiger charge is 2.23. The van der Waals surface area contributed by atoms with Gasteiger partial charge in [0.05, 0.1) is 12.2 Å². The van der Waals surface area contributed by atoms with Crippen LogP contribution in [0, 0.1) is 0 Å². The summed E-state index contributed by atoms with van der Waals surface area (Å²) in [4.78, 5) is 16.7. The molecular weight excluding hydrogens is 399 g/mol. The Morgan fingerprint density at radius 3 is 2.14 bits per heavy atom. The molecule has 1 fully saturated rings. The van der Waals surface area contributed by atoms with Crippen molar-refractivity contribution in [3.63, 3.8) is 0 Å². The van der Waals surface area contributed by atoms with Crippen molar-refractivity contribution in [2.24, 2.45) is 0 Å². The van der Waals surface area contributed by atoms with Gasteiger partial charge in [-0.15, -0.1) is 5.10 Å². The molecule has 28 heavy (non-hydrogen) atoms. The molecule has 2 heterocycles. The Morgan fingerprint density at radius 1 is 0.893 bits per heavy atom. The van der Waals surface area contributed by atoms with Crippen LogP contribution < -0.4 is 0 Å². The molecule has 0 saturated carbocycles. The fourth-order valence-corrected chi connectivity index (χ4v) is 3.42. The summed E-state index contributed by atoms with van der Waals surface area (Å²) in [5.41, 5.74) is 1.52. The molecule has 1 saturated heterocycles. The molecular formula is C19H18Cl2N6O. The average molecular weight is 417 g/mol. The van der Waals surface area contributed by atoms with Crippen molar-refractivity contribution in [1.82, 2.24) is 30.0 Å². The quantitative estimate of drug-likeness (QED) is 0.653. The maximum absolute atomic E-state index is 12.6. The highest BCUT2D eigenvalue weighted by atomic mass is 35.5. The number of benzene rings is 2. The van der Waals surface area contributed by atoms with E-state index in [1.54, 1.807) is 28.9 Å². The minimum absolute atomic E-state index is 0.0299. The van der Waals surface area contributed by atoms with Gasteiger partial charge in [0.15, 0.2) is 5.82 Å². The van der Waals surface area contributed by atoms with E-state index in [1.165, 1.54) is 0 Å². The molecule has 1 amide bonds. The van der Waals surface area contributed by atoms with E-state index < -0.39 is 0 Å². The largest absolute Gasteiger partial charge is 0.336 e. The highest BCUT2D eigenvalue weighted by molar-refractivity contribution is 6.30. The third-order valence-corrected chi connectivity index (χ3v) is 5.22. The number of carbonyl (C=O) groups excluding carboxylic acids is 1. The van der Waals surface area contributed by atoms with Crippen molar-refractivity contribution >= 4 is 29.1 Å². The molecule has 0 bridgehead atoms. The number of hydrogen-bond acceptors (Lipinski definition) is 5. The molecule has 0 radical (unpaired) electrons. The maximum Gasteiger partial charge on any atom is 0.253 e. The summed E-state index contributed by atoms with van der Waals surface area (Å²) in [6.07, 6.45) is 0. The SMILES string of the molecule is O=C(c1ccc(Cl)cc1)N1CCN(Cc2nnnn2-c2ccc(Cl)cc2)CC1. The molecule has 0 atom stereocenters. The van der Waals surface area contributed by atoms with Crippen molar-refractivity contribution < 1.29 is 4.79 Å². The van der Waals surface area contributed by atoms with Crippen LogP contribution in [0.1, 0.15) is 16.2 Å². The average Bonchev–Trinajstić information content (AvgIpc) is 3.17. The van der Waals surface area contributed by atoms with Crippen LogP contribution in [-0.2, 0) is 6.54 Å². The minimum Gasteiger partial charge on any atom is -0.336 e. The smallest absolute Gasteiger partial charge is 0.253 e. The summed E-state index contributed by atoms with van der Waals surface area (Å²) in [6, 6.07) is 14.4. The molecule has 0 N–H and O–H groups in total. The first kappa shape index (κ1) is 18.9. The molecule has 0 aliphatic carbocycles. The van der Waals surface area contributed by atoms with Gasteiger partial charge < -0.3 is 4.90 Å². The van der Waals surface area contributed by atoms with Crippen LogP contribution in [0.4, 0.5) is 0 Å². The zero-order valence-electron chi connectivity index (χ0n) is 15.0. The van der Waals surface area contributed by atoms with Gasteiger partial charge in [-0.1, -0.05) is 23.2 Å². The van der Waals surface area contributed by atoms with Gasteiger partial charge in [-0.3, -0.25) is 9.69 Å². The summed E-state index contributed by atoms with van der Waals surface area (Å²) in [7, 11) is 0. The highest BCUT2D eigenvalue weighted by Crippen LogP contribution is 2.16. The molecule has 1 aliphatic rings. The molecule has 9 heteroatoms. The van der Waals surface area contributed by atoms with Crippen molar-refractivity contribution in [1.29, 1.82) is 0 Å². The van der Waals surface area contributed by atoms with E-state index in [-0.39, 0.29) is 5.91 Å². The van der Waals surface area contributed by atoms with Crippen LogP contribution >= 0.6 is 23.2 Å². The lowest BCUT2D eigenvalue weighted by Gasteiger charge is -2.34. The van der Waals surface area contributed by atoms with Crippen LogP contribution in [0.25, 0.3) is 5.69 Å². The summed E-state index contributed by atoms with van der Waals surface area (Å²) < 4.78 is 1.71. The number of amides is 1. The number of carbonyl (C=O) groups is 1. The van der Waals surface area contributed by atoms with Gasteiger partial charge in [0.2, 0.25) is 0 Å². The predicted octanol–water partition coefficient (Wildman–Crippen LogP) is 2.93. The predicted molar refractivity (Wildman–Crippen MR) is 107 cm³/mol. The van der Waals surface area contributed by atoms with Gasteiger partial charge in [-0.05, 0) is 59.0 Å². The lowest BCUT2D eigenvalue weighted by atomic mass is 10.2. The summed E-state index contributed by atoms with van der Waals surface area (Å²) in [5, 5.41) is 13.3. The number of aromatic nitrogens is 4. The zero-order chi connectivity index (χ0) is 19.5. The summed E-state index contributed by atoms with van der Waals surface area (Å²) >= 11 is 11.8. The van der Waals surface area contributed by atoms with Gasteiger partial charge in [-0.2, -0.15) is 4.68 Å². The Balaban J connectivity index is 1.38. The third kappa shape index (κ3) is 4.16. The first-order chi connectivity index (χ1) is 13.6. The number of hydrogen-bond donors (Lipinski definition) is 0. The number of nitrogens with zero attached hydrogens (tertiary/aromatic N) is 6. The molecule has 1 aliphatic heterocycles. The van der Waals surface area contributed by atoms with E-state index in [4.69, 9.17) is 23.2 Å². The second-order valence-electron chi connectivity index (χ2n) is 6.56. The van der Waals surface area contributed by atoms with Crippen LogP contribution in [0.2, 0.25) is 10.0 Å². The number of piperazine rings is 1. The van der Waals surface area contributed by atoms with Crippen LogP contribution in [0.5, 0.6) is 0 Å². The van der Waals surface area contributed by atoms with E-state index in [1.807, 2.05) is 29.2 Å². The molecule has 4 rings (SSSR count). The lowest BCUT2D eigenvalue weighted by molar-refractivity contribution is 0.0624. The molecule has 0 spiro atoms. The molecule has 7 nitrogen and oxygen atoms in total. The van der Waals surface area contributed by atoms with Crippen molar-refractivity contribution in [2.45, 2.75) is 6.54 Å². The van der Waals surface area contributed by atoms with Crippen LogP contribution in [0.3, 0.4) is 0 Å². The Hall–Kier alpha value is -2.48. The van der Waals surface area contributed by atoms with Gasteiger partial charge in [-0.25, -0.2) is 0 Å². The fourth-order valence-electron chi connectivity index (χ4n) is 3.17. The zero-order valence-corrected chi connectivity index (χ0v) is 16.5. The summed E-state index contributed by atoms with van der Waals surface area (Å²) in [6.45, 7) is 3.44. The van der Waals surface area contributed by atoms with Gasteiger partial charge in [0.1, 0.15) is 0 Å². The second kappa shape index (κ2) is 8.26. The van der Waals surface area contributed by atoms with Crippen LogP contribution in [0.15, 0.2) is 48.5 Å². The fraction of sp³-hybridized carbons (Fsp3) is 0.263. The topological polar surface area (TPSA) is 67.2 Å². The normalized spacial score (nSPS) is 15.0. The molecule has 1 aromatic heterocycles. The maximum atomic E-state index is 12.6. The Kier molecular flexibility index (Phi) is 5.57. The number of tetrazole rings is 1. The van der Waals surface area contributed by atoms with Crippen molar-refractivity contribution in [3.8, 4) is 5.69 Å². The Bertz CT molecular complexity index is 949. The molecule has 144 valence electrons. The Labute approximate surface area is 172 Å². The van der Waals surface area contributed by atoms with Crippen molar-refractivity contribution in [2.75, 3.05) is 26.2 Å². The van der Waals surface area contributed by atoms with Gasteiger partial charge in [0, 0.05) is 41.8 Å². The summed E-state index contributed by atoms with van der Waals surface area (Å²) in [5.74, 6) is 0.780. The number of halogens is 2. The monoisotopic (exact) mass is 416 g/mol. The molecule has 0 unspecified atom stereocenters. The van der Waals surface area contributed by atoms with Gasteiger partial charge in [0.25, 0.3) is 5.91 Å². The lowest BCUT2D eigenvalue weighted by Crippen LogP contribution is -2.48. The first-order valence-electron chi connectivity index (χ1n) is 8.90. The second-order valence-corrected chi connectivity index (χ2v) is 7.43. The first-order valence-corrected chi connectivity index (χ1v) is 9.66. The minimum atomic E-state index is 0.0299. The molecule has 2 aromatic carbocycles. The molecule has 3 aromatic rings. The standard InChI is InChI=1S/C19H18Cl2N6O/c20-15-3-1-14(2-4-15)19(28)26-11-9-25(10-12-26)13-18-22-23-24-27(18)17-7-5-16(21)6-8-17/h1-8H,9-13H2. The van der Waals surface area contributed by atoms with Crippen LogP contribution in [-0.4, -0.2) is 62.1 Å². The van der Waals surface area contributed by atoms with E-state index in [0.29, 0.717) is 35.2 Å². The van der Waals surface area contributed by atoms with Gasteiger partial charge >= 0.3 is 0 Å². The van der Waals surface area contributed by atoms with Crippen molar-refractivity contribution in [3.05, 3.63) is 70.0 Å². The Morgan fingerprint density at radius 2 is 1.50 bits per heavy atom. The van der Waals surface area contributed by atoms with E-state index in [9.17, 15) is 4.79 Å². The van der Waals surface area contributed by atoms with E-state index in [2.05, 4.69) is 20.4 Å². The van der Waals surface area contributed by atoms with E-state index >= 15 is 0 Å². The third-order valence-electron chi connectivity index (χ3n) is 4.72. The van der Waals surface area contributed by atoms with E-state index in [0.717, 1.165) is 24.6 Å².